The van der Waals surface area contributed by atoms with Gasteiger partial charge in [0.25, 0.3) is 0 Å². The van der Waals surface area contributed by atoms with E-state index in [2.05, 4.69) is 19.2 Å². The Hall–Kier alpha value is -0.570. The summed E-state index contributed by atoms with van der Waals surface area (Å²) in [4.78, 5) is 11.1. The topological polar surface area (TPSA) is 38.3 Å². The van der Waals surface area contributed by atoms with Crippen molar-refractivity contribution in [1.82, 2.24) is 5.32 Å². The van der Waals surface area contributed by atoms with Crippen LogP contribution < -0.4 is 5.32 Å². The molecule has 3 heteroatoms. The van der Waals surface area contributed by atoms with Gasteiger partial charge in [0.1, 0.15) is 0 Å². The number of amides is 1. The molecular weight excluding hydrogens is 178 g/mol. The lowest BCUT2D eigenvalue weighted by Crippen LogP contribution is -2.35. The van der Waals surface area contributed by atoms with E-state index in [4.69, 9.17) is 4.74 Å². The lowest BCUT2D eigenvalue weighted by Gasteiger charge is -2.22. The molecule has 1 saturated heterocycles. The predicted molar refractivity (Wildman–Crippen MR) is 56.0 cm³/mol. The van der Waals surface area contributed by atoms with Gasteiger partial charge in [0.2, 0.25) is 5.91 Å². The van der Waals surface area contributed by atoms with E-state index in [0.29, 0.717) is 18.3 Å². The highest BCUT2D eigenvalue weighted by molar-refractivity contribution is 5.76. The van der Waals surface area contributed by atoms with Crippen LogP contribution in [0.5, 0.6) is 0 Å². The Morgan fingerprint density at radius 2 is 2.43 bits per heavy atom. The van der Waals surface area contributed by atoms with E-state index in [1.165, 1.54) is 0 Å². The average Bonchev–Trinajstić information content (AvgIpc) is 2.17. The fourth-order valence-corrected chi connectivity index (χ4v) is 1.55. The van der Waals surface area contributed by atoms with E-state index in [1.54, 1.807) is 0 Å². The summed E-state index contributed by atoms with van der Waals surface area (Å²) in [6, 6.07) is 0. The number of rotatable bonds is 5. The van der Waals surface area contributed by atoms with Crippen molar-refractivity contribution in [3.05, 3.63) is 0 Å². The number of carbonyl (C=O) groups excluding carboxylic acids is 1. The van der Waals surface area contributed by atoms with Gasteiger partial charge in [-0.3, -0.25) is 4.79 Å². The maximum atomic E-state index is 11.1. The van der Waals surface area contributed by atoms with Gasteiger partial charge in [0, 0.05) is 26.2 Å². The molecule has 1 amide bonds. The predicted octanol–water partition coefficient (Wildman–Crippen LogP) is 1.58. The molecule has 82 valence electrons. The molecule has 0 aliphatic carbocycles. The van der Waals surface area contributed by atoms with Crippen LogP contribution in [0.3, 0.4) is 0 Å². The normalized spacial score (nSPS) is 24.4. The molecular formula is C11H21NO2. The van der Waals surface area contributed by atoms with Crippen LogP contribution in [0.15, 0.2) is 0 Å². The van der Waals surface area contributed by atoms with Crippen molar-refractivity contribution in [2.45, 2.75) is 33.1 Å². The highest BCUT2D eigenvalue weighted by atomic mass is 16.5. The first-order valence-corrected chi connectivity index (χ1v) is 5.56. The number of piperidine rings is 1. The van der Waals surface area contributed by atoms with Crippen LogP contribution in [-0.2, 0) is 9.53 Å². The fourth-order valence-electron chi connectivity index (χ4n) is 1.55. The number of ether oxygens (including phenoxy) is 1. The van der Waals surface area contributed by atoms with Crippen molar-refractivity contribution < 1.29 is 9.53 Å². The number of hydrogen-bond donors (Lipinski definition) is 1. The lowest BCUT2D eigenvalue weighted by atomic mass is 9.99. The minimum absolute atomic E-state index is 0.174. The molecule has 0 radical (unpaired) electrons. The lowest BCUT2D eigenvalue weighted by molar-refractivity contribution is -0.124. The minimum atomic E-state index is 0.174. The summed E-state index contributed by atoms with van der Waals surface area (Å²) in [5.74, 6) is 1.24. The zero-order valence-corrected chi connectivity index (χ0v) is 9.21. The van der Waals surface area contributed by atoms with Crippen LogP contribution in [0.4, 0.5) is 0 Å². The SMILES string of the molecule is CC[C@@H](C)COC[C@H]1CCNC(=O)C1. The Kier molecular flexibility index (Phi) is 4.94. The molecule has 0 aromatic rings. The van der Waals surface area contributed by atoms with Crippen LogP contribution in [0.1, 0.15) is 33.1 Å². The van der Waals surface area contributed by atoms with E-state index in [9.17, 15) is 4.79 Å². The summed E-state index contributed by atoms with van der Waals surface area (Å²) < 4.78 is 5.59. The smallest absolute Gasteiger partial charge is 0.220 e. The minimum Gasteiger partial charge on any atom is -0.381 e. The molecule has 14 heavy (non-hydrogen) atoms. The number of carbonyl (C=O) groups is 1. The maximum Gasteiger partial charge on any atom is 0.220 e. The summed E-state index contributed by atoms with van der Waals surface area (Å²) in [7, 11) is 0. The quantitative estimate of drug-likeness (QED) is 0.730. The number of hydrogen-bond acceptors (Lipinski definition) is 2. The van der Waals surface area contributed by atoms with E-state index in [-0.39, 0.29) is 5.91 Å². The molecule has 0 aromatic heterocycles. The molecule has 1 N–H and O–H groups in total. The van der Waals surface area contributed by atoms with Crippen LogP contribution in [0.2, 0.25) is 0 Å². The summed E-state index contributed by atoms with van der Waals surface area (Å²) in [5.41, 5.74) is 0. The third-order valence-electron chi connectivity index (χ3n) is 2.80. The molecule has 0 unspecified atom stereocenters. The van der Waals surface area contributed by atoms with Crippen molar-refractivity contribution >= 4 is 5.91 Å². The largest absolute Gasteiger partial charge is 0.381 e. The third-order valence-corrected chi connectivity index (χ3v) is 2.80. The average molecular weight is 199 g/mol. The summed E-state index contributed by atoms with van der Waals surface area (Å²) in [6.07, 6.45) is 2.86. The summed E-state index contributed by atoms with van der Waals surface area (Å²) in [5, 5.41) is 2.83. The Morgan fingerprint density at radius 3 is 3.07 bits per heavy atom. The van der Waals surface area contributed by atoms with Gasteiger partial charge >= 0.3 is 0 Å². The first-order chi connectivity index (χ1) is 6.72. The van der Waals surface area contributed by atoms with Crippen LogP contribution in [-0.4, -0.2) is 25.7 Å². The van der Waals surface area contributed by atoms with E-state index in [1.807, 2.05) is 0 Å². The van der Waals surface area contributed by atoms with E-state index >= 15 is 0 Å². The Balaban J connectivity index is 2.08. The molecule has 1 aliphatic heterocycles. The second-order valence-electron chi connectivity index (χ2n) is 4.26. The van der Waals surface area contributed by atoms with Crippen LogP contribution >= 0.6 is 0 Å². The van der Waals surface area contributed by atoms with Crippen molar-refractivity contribution in [3.8, 4) is 0 Å². The van der Waals surface area contributed by atoms with E-state index < -0.39 is 0 Å². The Morgan fingerprint density at radius 1 is 1.64 bits per heavy atom. The van der Waals surface area contributed by atoms with Crippen LogP contribution in [0.25, 0.3) is 0 Å². The van der Waals surface area contributed by atoms with Gasteiger partial charge in [-0.2, -0.15) is 0 Å². The first-order valence-electron chi connectivity index (χ1n) is 5.56. The molecule has 1 heterocycles. The molecule has 0 saturated carbocycles. The van der Waals surface area contributed by atoms with E-state index in [0.717, 1.165) is 32.6 Å². The molecule has 0 aromatic carbocycles. The van der Waals surface area contributed by atoms with Crippen molar-refractivity contribution in [2.24, 2.45) is 11.8 Å². The van der Waals surface area contributed by atoms with Gasteiger partial charge in [-0.15, -0.1) is 0 Å². The van der Waals surface area contributed by atoms with Gasteiger partial charge in [-0.1, -0.05) is 20.3 Å². The molecule has 1 rings (SSSR count). The highest BCUT2D eigenvalue weighted by Gasteiger charge is 2.18. The van der Waals surface area contributed by atoms with Crippen molar-refractivity contribution in [1.29, 1.82) is 0 Å². The third kappa shape index (κ3) is 4.09. The van der Waals surface area contributed by atoms with Gasteiger partial charge in [0.15, 0.2) is 0 Å². The van der Waals surface area contributed by atoms with Crippen molar-refractivity contribution in [3.63, 3.8) is 0 Å². The molecule has 0 bridgehead atoms. The molecule has 3 nitrogen and oxygen atoms in total. The van der Waals surface area contributed by atoms with Gasteiger partial charge < -0.3 is 10.1 Å². The molecule has 0 spiro atoms. The van der Waals surface area contributed by atoms with Gasteiger partial charge in [-0.05, 0) is 18.3 Å². The molecule has 2 atom stereocenters. The highest BCUT2D eigenvalue weighted by Crippen LogP contribution is 2.13. The Labute approximate surface area is 86.2 Å². The molecule has 1 aliphatic rings. The van der Waals surface area contributed by atoms with Gasteiger partial charge in [0.05, 0.1) is 0 Å². The fraction of sp³-hybridized carbons (Fsp3) is 0.909. The standard InChI is InChI=1S/C11H21NO2/c1-3-9(2)7-14-8-10-4-5-12-11(13)6-10/h9-10H,3-8H2,1-2H3,(H,12,13)/t9-,10+/m1/s1. The zero-order valence-electron chi connectivity index (χ0n) is 9.21. The Bertz CT molecular complexity index is 182. The van der Waals surface area contributed by atoms with Crippen LogP contribution in [0, 0.1) is 11.8 Å². The summed E-state index contributed by atoms with van der Waals surface area (Å²) in [6.45, 7) is 6.75. The molecule has 1 fully saturated rings. The second-order valence-corrected chi connectivity index (χ2v) is 4.26. The summed E-state index contributed by atoms with van der Waals surface area (Å²) >= 11 is 0. The first kappa shape index (κ1) is 11.5. The zero-order chi connectivity index (χ0) is 10.4. The van der Waals surface area contributed by atoms with Crippen molar-refractivity contribution in [2.75, 3.05) is 19.8 Å². The second kappa shape index (κ2) is 6.02. The number of nitrogens with one attached hydrogen (secondary N) is 1. The maximum absolute atomic E-state index is 11.1. The van der Waals surface area contributed by atoms with Gasteiger partial charge in [-0.25, -0.2) is 0 Å². The monoisotopic (exact) mass is 199 g/mol.